The van der Waals surface area contributed by atoms with E-state index in [4.69, 9.17) is 16.3 Å². The Bertz CT molecular complexity index is 1020. The van der Waals surface area contributed by atoms with Crippen LogP contribution in [0.2, 0.25) is 5.02 Å². The Morgan fingerprint density at radius 1 is 1.06 bits per heavy atom. The standard InChI is InChI=1S/C27H30ClN3O2/c1-27(14-17-29-18-15-27)26(32)31(19-20-33-23-7-3-2-4-8-23)25(24-9-5-6-16-30-24)21-10-12-22(28)13-11-21/h2-13,16,25,29H,14-15,17-20H2,1H3/t25-/m0/s1. The molecule has 2 heterocycles. The van der Waals surface area contributed by atoms with Crippen molar-refractivity contribution < 1.29 is 9.53 Å². The first-order valence-corrected chi connectivity index (χ1v) is 11.8. The topological polar surface area (TPSA) is 54.5 Å². The zero-order chi connectivity index (χ0) is 23.1. The van der Waals surface area contributed by atoms with E-state index >= 15 is 0 Å². The molecule has 0 unspecified atom stereocenters. The summed E-state index contributed by atoms with van der Waals surface area (Å²) in [5.41, 5.74) is 1.37. The molecule has 3 aromatic rings. The maximum absolute atomic E-state index is 14.1. The maximum Gasteiger partial charge on any atom is 0.229 e. The fraction of sp³-hybridized carbons (Fsp3) is 0.333. The van der Waals surface area contributed by atoms with Crippen LogP contribution in [0.25, 0.3) is 0 Å². The number of benzene rings is 2. The van der Waals surface area contributed by atoms with E-state index in [9.17, 15) is 4.79 Å². The minimum Gasteiger partial charge on any atom is -0.492 e. The molecule has 1 aromatic heterocycles. The van der Waals surface area contributed by atoms with Crippen molar-refractivity contribution in [3.63, 3.8) is 0 Å². The third-order valence-electron chi connectivity index (χ3n) is 6.29. The van der Waals surface area contributed by atoms with Gasteiger partial charge in [0.25, 0.3) is 0 Å². The van der Waals surface area contributed by atoms with Gasteiger partial charge in [0.05, 0.1) is 18.3 Å². The lowest BCUT2D eigenvalue weighted by atomic mass is 9.79. The molecule has 1 N–H and O–H groups in total. The molecule has 2 aromatic carbocycles. The number of piperidine rings is 1. The average Bonchev–Trinajstić information content (AvgIpc) is 2.86. The predicted molar refractivity (Wildman–Crippen MR) is 131 cm³/mol. The number of carbonyl (C=O) groups is 1. The first-order valence-electron chi connectivity index (χ1n) is 11.4. The highest BCUT2D eigenvalue weighted by Crippen LogP contribution is 2.36. The third-order valence-corrected chi connectivity index (χ3v) is 6.55. The number of nitrogens with one attached hydrogen (secondary N) is 1. The smallest absolute Gasteiger partial charge is 0.229 e. The zero-order valence-electron chi connectivity index (χ0n) is 18.9. The zero-order valence-corrected chi connectivity index (χ0v) is 19.7. The second-order valence-corrected chi connectivity index (χ2v) is 9.12. The molecule has 0 radical (unpaired) electrons. The van der Waals surface area contributed by atoms with Crippen molar-refractivity contribution in [2.45, 2.75) is 25.8 Å². The first kappa shape index (κ1) is 23.3. The van der Waals surface area contributed by atoms with Crippen LogP contribution in [0.15, 0.2) is 79.0 Å². The van der Waals surface area contributed by atoms with E-state index in [0.29, 0.717) is 18.2 Å². The quantitative estimate of drug-likeness (QED) is 0.503. The van der Waals surface area contributed by atoms with Crippen LogP contribution in [0.5, 0.6) is 5.75 Å². The molecule has 1 atom stereocenters. The molecular formula is C27H30ClN3O2. The van der Waals surface area contributed by atoms with Gasteiger partial charge in [0.2, 0.25) is 5.91 Å². The Balaban J connectivity index is 1.68. The normalized spacial score (nSPS) is 16.1. The summed E-state index contributed by atoms with van der Waals surface area (Å²) in [5, 5.41) is 4.04. The minimum atomic E-state index is -0.433. The number of carbonyl (C=O) groups excluding carboxylic acids is 1. The summed E-state index contributed by atoms with van der Waals surface area (Å²) >= 11 is 6.18. The molecule has 1 amide bonds. The van der Waals surface area contributed by atoms with Gasteiger partial charge in [-0.2, -0.15) is 0 Å². The number of hydrogen-bond acceptors (Lipinski definition) is 4. The Kier molecular flexibility index (Phi) is 7.63. The van der Waals surface area contributed by atoms with E-state index in [2.05, 4.69) is 17.2 Å². The summed E-state index contributed by atoms with van der Waals surface area (Å²) in [5.74, 6) is 0.921. The van der Waals surface area contributed by atoms with Gasteiger partial charge in [-0.25, -0.2) is 0 Å². The maximum atomic E-state index is 14.1. The van der Waals surface area contributed by atoms with Crippen molar-refractivity contribution in [1.82, 2.24) is 15.2 Å². The van der Waals surface area contributed by atoms with Crippen molar-refractivity contribution >= 4 is 17.5 Å². The molecule has 5 nitrogen and oxygen atoms in total. The van der Waals surface area contributed by atoms with Crippen LogP contribution in [-0.2, 0) is 4.79 Å². The van der Waals surface area contributed by atoms with E-state index in [1.54, 1.807) is 6.20 Å². The number of nitrogens with zero attached hydrogens (tertiary/aromatic N) is 2. The number of rotatable bonds is 8. The van der Waals surface area contributed by atoms with Gasteiger partial charge >= 0.3 is 0 Å². The number of hydrogen-bond donors (Lipinski definition) is 1. The van der Waals surface area contributed by atoms with Gasteiger partial charge in [-0.3, -0.25) is 9.78 Å². The highest BCUT2D eigenvalue weighted by molar-refractivity contribution is 6.30. The fourth-order valence-corrected chi connectivity index (χ4v) is 4.48. The van der Waals surface area contributed by atoms with Crippen LogP contribution < -0.4 is 10.1 Å². The summed E-state index contributed by atoms with van der Waals surface area (Å²) in [7, 11) is 0. The number of pyridine rings is 1. The molecular weight excluding hydrogens is 434 g/mol. The van der Waals surface area contributed by atoms with E-state index < -0.39 is 5.41 Å². The highest BCUT2D eigenvalue weighted by atomic mass is 35.5. The van der Waals surface area contributed by atoms with Crippen LogP contribution in [-0.4, -0.2) is 42.0 Å². The summed E-state index contributed by atoms with van der Waals surface area (Å²) in [6.45, 7) is 4.60. The SMILES string of the molecule is CC1(C(=O)N(CCOc2ccccc2)[C@@H](c2ccc(Cl)cc2)c2ccccn2)CCNCC1. The Morgan fingerprint density at radius 2 is 1.76 bits per heavy atom. The molecule has 172 valence electrons. The van der Waals surface area contributed by atoms with E-state index in [1.165, 1.54) is 0 Å². The lowest BCUT2D eigenvalue weighted by Gasteiger charge is -2.41. The monoisotopic (exact) mass is 463 g/mol. The lowest BCUT2D eigenvalue weighted by molar-refractivity contribution is -0.145. The van der Waals surface area contributed by atoms with Crippen molar-refractivity contribution in [2.24, 2.45) is 5.41 Å². The number of para-hydroxylation sites is 1. The molecule has 1 aliphatic heterocycles. The second-order valence-electron chi connectivity index (χ2n) is 8.68. The summed E-state index contributed by atoms with van der Waals surface area (Å²) in [6.07, 6.45) is 3.38. The van der Waals surface area contributed by atoms with Crippen molar-refractivity contribution in [1.29, 1.82) is 0 Å². The van der Waals surface area contributed by atoms with Crippen LogP contribution in [0.3, 0.4) is 0 Å². The number of ether oxygens (including phenoxy) is 1. The number of halogens is 1. The molecule has 0 saturated carbocycles. The Hall–Kier alpha value is -2.89. The molecule has 1 aliphatic rings. The molecule has 33 heavy (non-hydrogen) atoms. The summed E-state index contributed by atoms with van der Waals surface area (Å²) in [4.78, 5) is 20.7. The van der Waals surface area contributed by atoms with Crippen LogP contribution in [0.4, 0.5) is 0 Å². The number of amides is 1. The molecule has 4 rings (SSSR count). The molecule has 0 spiro atoms. The highest BCUT2D eigenvalue weighted by Gasteiger charge is 2.41. The van der Waals surface area contributed by atoms with Gasteiger partial charge in [0.1, 0.15) is 12.4 Å². The van der Waals surface area contributed by atoms with Gasteiger partial charge in [0.15, 0.2) is 0 Å². The van der Waals surface area contributed by atoms with Gasteiger partial charge in [0, 0.05) is 16.6 Å². The molecule has 0 bridgehead atoms. The second kappa shape index (κ2) is 10.8. The Morgan fingerprint density at radius 3 is 2.42 bits per heavy atom. The predicted octanol–water partition coefficient (Wildman–Crippen LogP) is 5.12. The van der Waals surface area contributed by atoms with E-state index in [1.807, 2.05) is 77.7 Å². The minimum absolute atomic E-state index is 0.131. The van der Waals surface area contributed by atoms with E-state index in [0.717, 1.165) is 42.9 Å². The van der Waals surface area contributed by atoms with Crippen LogP contribution in [0.1, 0.15) is 37.1 Å². The van der Waals surface area contributed by atoms with Crippen molar-refractivity contribution in [3.8, 4) is 5.75 Å². The van der Waals surface area contributed by atoms with Gasteiger partial charge in [-0.1, -0.05) is 54.9 Å². The largest absolute Gasteiger partial charge is 0.492 e. The van der Waals surface area contributed by atoms with Crippen LogP contribution >= 0.6 is 11.6 Å². The first-order chi connectivity index (χ1) is 16.1. The van der Waals surface area contributed by atoms with Crippen molar-refractivity contribution in [2.75, 3.05) is 26.2 Å². The molecule has 6 heteroatoms. The lowest BCUT2D eigenvalue weighted by Crippen LogP contribution is -2.50. The molecule has 0 aliphatic carbocycles. The third kappa shape index (κ3) is 5.73. The fourth-order valence-electron chi connectivity index (χ4n) is 4.36. The Labute approximate surface area is 200 Å². The van der Waals surface area contributed by atoms with Crippen molar-refractivity contribution in [3.05, 3.63) is 95.3 Å². The molecule has 1 saturated heterocycles. The van der Waals surface area contributed by atoms with Gasteiger partial charge in [-0.05, 0) is 67.9 Å². The van der Waals surface area contributed by atoms with Crippen LogP contribution in [0, 0.1) is 5.41 Å². The number of aromatic nitrogens is 1. The average molecular weight is 464 g/mol. The van der Waals surface area contributed by atoms with E-state index in [-0.39, 0.29) is 11.9 Å². The van der Waals surface area contributed by atoms with Gasteiger partial charge < -0.3 is 15.0 Å². The summed E-state index contributed by atoms with van der Waals surface area (Å²) < 4.78 is 6.00. The van der Waals surface area contributed by atoms with Gasteiger partial charge in [-0.15, -0.1) is 0 Å². The summed E-state index contributed by atoms with van der Waals surface area (Å²) in [6, 6.07) is 22.9. The molecule has 1 fully saturated rings.